The Kier molecular flexibility index (Phi) is 2.16. The lowest BCUT2D eigenvalue weighted by molar-refractivity contribution is 0.790. The van der Waals surface area contributed by atoms with Crippen LogP contribution in [0.2, 0.25) is 0 Å². The molecule has 0 saturated heterocycles. The van der Waals surface area contributed by atoms with E-state index in [1.807, 2.05) is 30.3 Å². The Bertz CT molecular complexity index is 827. The molecule has 2 N–H and O–H groups in total. The van der Waals surface area contributed by atoms with Gasteiger partial charge in [0.15, 0.2) is 5.52 Å². The Hall–Kier alpha value is -2.63. The number of fused-ring (bicyclic) bond motifs is 1. The number of aromatic nitrogens is 4. The second-order valence-corrected chi connectivity index (χ2v) is 3.97. The molecular weight excluding hydrogens is 232 g/mol. The van der Waals surface area contributed by atoms with E-state index in [1.54, 1.807) is 0 Å². The van der Waals surface area contributed by atoms with Gasteiger partial charge in [0.05, 0.1) is 0 Å². The van der Waals surface area contributed by atoms with Gasteiger partial charge in [0, 0.05) is 12.6 Å². The van der Waals surface area contributed by atoms with Crippen molar-refractivity contribution in [2.75, 3.05) is 0 Å². The second kappa shape index (κ2) is 3.69. The number of H-pyrrole nitrogens is 2. The summed E-state index contributed by atoms with van der Waals surface area (Å²) in [5.74, 6) is 0.560. The molecule has 0 saturated carbocycles. The first-order valence-electron chi connectivity index (χ1n) is 5.41. The molecule has 6 heteroatoms. The van der Waals surface area contributed by atoms with Gasteiger partial charge in [0.25, 0.3) is 5.56 Å². The summed E-state index contributed by atoms with van der Waals surface area (Å²) in [4.78, 5) is 33.1. The largest absolute Gasteiger partial charge is 0.329 e. The Morgan fingerprint density at radius 3 is 2.56 bits per heavy atom. The molecule has 0 spiro atoms. The molecule has 1 aromatic carbocycles. The zero-order valence-corrected chi connectivity index (χ0v) is 9.60. The van der Waals surface area contributed by atoms with Crippen LogP contribution in [0, 0.1) is 0 Å². The Morgan fingerprint density at radius 2 is 1.83 bits per heavy atom. The summed E-state index contributed by atoms with van der Waals surface area (Å²) >= 11 is 0. The minimum Gasteiger partial charge on any atom is -0.324 e. The van der Waals surface area contributed by atoms with Crippen molar-refractivity contribution >= 4 is 11.2 Å². The molecule has 0 aliphatic rings. The lowest BCUT2D eigenvalue weighted by Crippen LogP contribution is -2.32. The minimum atomic E-state index is -0.462. The normalized spacial score (nSPS) is 10.9. The summed E-state index contributed by atoms with van der Waals surface area (Å²) in [5.41, 5.74) is 0.567. The lowest BCUT2D eigenvalue weighted by atomic mass is 10.2. The number of imidazole rings is 1. The molecule has 2 heterocycles. The van der Waals surface area contributed by atoms with Crippen LogP contribution in [0.5, 0.6) is 0 Å². The maximum absolute atomic E-state index is 11.9. The summed E-state index contributed by atoms with van der Waals surface area (Å²) in [6.45, 7) is 0. The summed E-state index contributed by atoms with van der Waals surface area (Å²) in [5, 5.41) is 0. The molecule has 0 unspecified atom stereocenters. The third-order valence-electron chi connectivity index (χ3n) is 2.79. The maximum Gasteiger partial charge on any atom is 0.329 e. The van der Waals surface area contributed by atoms with Gasteiger partial charge in [0.1, 0.15) is 11.5 Å². The van der Waals surface area contributed by atoms with Crippen LogP contribution in [-0.2, 0) is 7.05 Å². The van der Waals surface area contributed by atoms with E-state index >= 15 is 0 Å². The summed E-state index contributed by atoms with van der Waals surface area (Å²) in [6, 6.07) is 9.40. The van der Waals surface area contributed by atoms with E-state index in [-0.39, 0.29) is 5.52 Å². The van der Waals surface area contributed by atoms with Crippen LogP contribution < -0.4 is 11.2 Å². The van der Waals surface area contributed by atoms with E-state index in [4.69, 9.17) is 0 Å². The highest BCUT2D eigenvalue weighted by molar-refractivity contribution is 5.74. The van der Waals surface area contributed by atoms with Gasteiger partial charge in [-0.25, -0.2) is 9.78 Å². The average molecular weight is 242 g/mol. The fourth-order valence-electron chi connectivity index (χ4n) is 1.79. The van der Waals surface area contributed by atoms with E-state index in [2.05, 4.69) is 15.0 Å². The van der Waals surface area contributed by atoms with Crippen molar-refractivity contribution in [1.29, 1.82) is 0 Å². The molecule has 90 valence electrons. The van der Waals surface area contributed by atoms with Crippen LogP contribution in [0.3, 0.4) is 0 Å². The highest BCUT2D eigenvalue weighted by Crippen LogP contribution is 2.16. The van der Waals surface area contributed by atoms with Gasteiger partial charge in [-0.1, -0.05) is 30.3 Å². The minimum absolute atomic E-state index is 0.232. The van der Waals surface area contributed by atoms with Crippen molar-refractivity contribution < 1.29 is 0 Å². The maximum atomic E-state index is 11.9. The van der Waals surface area contributed by atoms with Crippen molar-refractivity contribution in [2.45, 2.75) is 0 Å². The van der Waals surface area contributed by atoms with Crippen LogP contribution in [-0.4, -0.2) is 19.5 Å². The van der Waals surface area contributed by atoms with Gasteiger partial charge in [-0.15, -0.1) is 0 Å². The van der Waals surface area contributed by atoms with E-state index < -0.39 is 11.2 Å². The molecule has 3 aromatic rings. The fourth-order valence-corrected chi connectivity index (χ4v) is 1.79. The number of benzene rings is 1. The highest BCUT2D eigenvalue weighted by atomic mass is 16.2. The average Bonchev–Trinajstić information content (AvgIpc) is 2.81. The third kappa shape index (κ3) is 1.46. The van der Waals surface area contributed by atoms with Crippen LogP contribution >= 0.6 is 0 Å². The lowest BCUT2D eigenvalue weighted by Gasteiger charge is -1.93. The predicted octanol–water partition coefficient (Wildman–Crippen LogP) is 0.617. The molecule has 6 nitrogen and oxygen atoms in total. The highest BCUT2D eigenvalue weighted by Gasteiger charge is 2.10. The Labute approximate surface area is 101 Å². The van der Waals surface area contributed by atoms with Crippen LogP contribution in [0.25, 0.3) is 22.6 Å². The van der Waals surface area contributed by atoms with Gasteiger partial charge in [0.2, 0.25) is 0 Å². The monoisotopic (exact) mass is 242 g/mol. The zero-order chi connectivity index (χ0) is 12.7. The van der Waals surface area contributed by atoms with Crippen LogP contribution in [0.4, 0.5) is 0 Å². The molecule has 2 aromatic heterocycles. The third-order valence-corrected chi connectivity index (χ3v) is 2.79. The van der Waals surface area contributed by atoms with Crippen molar-refractivity contribution in [3.05, 3.63) is 51.2 Å². The molecule has 0 aliphatic heterocycles. The van der Waals surface area contributed by atoms with Gasteiger partial charge >= 0.3 is 5.69 Å². The second-order valence-electron chi connectivity index (χ2n) is 3.97. The van der Waals surface area contributed by atoms with Crippen molar-refractivity contribution in [1.82, 2.24) is 19.5 Å². The molecule has 0 fully saturated rings. The van der Waals surface area contributed by atoms with Gasteiger partial charge < -0.3 is 4.98 Å². The van der Waals surface area contributed by atoms with Crippen molar-refractivity contribution in [3.8, 4) is 11.4 Å². The first-order chi connectivity index (χ1) is 8.66. The SMILES string of the molecule is Cn1c(=O)[nH]c2[nH]c(-c3ccccc3)nc2c1=O. The number of rotatable bonds is 1. The van der Waals surface area contributed by atoms with E-state index in [0.29, 0.717) is 11.5 Å². The summed E-state index contributed by atoms with van der Waals surface area (Å²) < 4.78 is 0.998. The summed E-state index contributed by atoms with van der Waals surface area (Å²) in [7, 11) is 1.41. The fraction of sp³-hybridized carbons (Fsp3) is 0.0833. The van der Waals surface area contributed by atoms with Crippen LogP contribution in [0.15, 0.2) is 39.9 Å². The molecule has 0 radical (unpaired) electrons. The number of hydrogen-bond donors (Lipinski definition) is 2. The molecule has 3 rings (SSSR count). The van der Waals surface area contributed by atoms with Crippen molar-refractivity contribution in [3.63, 3.8) is 0 Å². The van der Waals surface area contributed by atoms with Crippen molar-refractivity contribution in [2.24, 2.45) is 7.05 Å². The van der Waals surface area contributed by atoms with E-state index in [1.165, 1.54) is 7.05 Å². The number of aromatic amines is 2. The Morgan fingerprint density at radius 1 is 1.11 bits per heavy atom. The van der Waals surface area contributed by atoms with Gasteiger partial charge in [-0.3, -0.25) is 14.3 Å². The first-order valence-corrected chi connectivity index (χ1v) is 5.41. The van der Waals surface area contributed by atoms with E-state index in [9.17, 15) is 9.59 Å². The number of nitrogens with one attached hydrogen (secondary N) is 2. The number of hydrogen-bond acceptors (Lipinski definition) is 3. The number of nitrogens with zero attached hydrogens (tertiary/aromatic N) is 2. The Balaban J connectivity index is 2.34. The quantitative estimate of drug-likeness (QED) is 0.656. The molecule has 0 atom stereocenters. The topological polar surface area (TPSA) is 83.5 Å². The molecule has 18 heavy (non-hydrogen) atoms. The zero-order valence-electron chi connectivity index (χ0n) is 9.60. The molecular formula is C12H10N4O2. The standard InChI is InChI=1S/C12H10N4O2/c1-16-11(17)8-10(15-12(16)18)14-9(13-8)7-5-3-2-4-6-7/h2-6H,1H3,(H,13,14)(H,15,18). The predicted molar refractivity (Wildman–Crippen MR) is 67.4 cm³/mol. The van der Waals surface area contributed by atoms with Gasteiger partial charge in [-0.05, 0) is 0 Å². The molecule has 0 bridgehead atoms. The molecule has 0 aliphatic carbocycles. The van der Waals surface area contributed by atoms with E-state index in [0.717, 1.165) is 10.1 Å². The smallest absolute Gasteiger partial charge is 0.324 e. The summed E-state index contributed by atoms with van der Waals surface area (Å²) in [6.07, 6.45) is 0. The van der Waals surface area contributed by atoms with Crippen LogP contribution in [0.1, 0.15) is 0 Å². The molecule has 0 amide bonds. The first kappa shape index (κ1) is 10.5. The van der Waals surface area contributed by atoms with Gasteiger partial charge in [-0.2, -0.15) is 0 Å².